The van der Waals surface area contributed by atoms with Crippen LogP contribution in [0.1, 0.15) is 30.6 Å². The highest BCUT2D eigenvalue weighted by atomic mass is 16.1. The first-order valence-electron chi connectivity index (χ1n) is 6.43. The van der Waals surface area contributed by atoms with E-state index in [2.05, 4.69) is 10.4 Å². The topological polar surface area (TPSA) is 46.9 Å². The Morgan fingerprint density at radius 2 is 2.16 bits per heavy atom. The van der Waals surface area contributed by atoms with Crippen LogP contribution in [0.15, 0.2) is 36.5 Å². The summed E-state index contributed by atoms with van der Waals surface area (Å²) in [5, 5.41) is 7.23. The second-order valence-electron chi connectivity index (χ2n) is 4.91. The monoisotopic (exact) mass is 257 g/mol. The summed E-state index contributed by atoms with van der Waals surface area (Å²) >= 11 is 0. The third kappa shape index (κ3) is 3.68. The van der Waals surface area contributed by atoms with Crippen molar-refractivity contribution in [1.82, 2.24) is 9.78 Å². The Balaban J connectivity index is 1.94. The fraction of sp³-hybridized carbons (Fsp3) is 0.333. The largest absolute Gasteiger partial charge is 0.326 e. The molecule has 0 aliphatic rings. The third-order valence-corrected chi connectivity index (χ3v) is 2.98. The van der Waals surface area contributed by atoms with Crippen LogP contribution in [-0.2, 0) is 4.79 Å². The quantitative estimate of drug-likeness (QED) is 0.915. The summed E-state index contributed by atoms with van der Waals surface area (Å²) in [6.45, 7) is 5.93. The van der Waals surface area contributed by atoms with Crippen molar-refractivity contribution < 1.29 is 4.79 Å². The van der Waals surface area contributed by atoms with Gasteiger partial charge in [-0.1, -0.05) is 12.1 Å². The second-order valence-corrected chi connectivity index (χ2v) is 4.91. The van der Waals surface area contributed by atoms with Gasteiger partial charge in [-0.3, -0.25) is 9.48 Å². The molecule has 0 fully saturated rings. The highest BCUT2D eigenvalue weighted by Gasteiger charge is 2.11. The summed E-state index contributed by atoms with van der Waals surface area (Å²) in [4.78, 5) is 12.0. The van der Waals surface area contributed by atoms with Crippen LogP contribution >= 0.6 is 0 Å². The number of nitrogens with zero attached hydrogens (tertiary/aromatic N) is 2. The zero-order valence-corrected chi connectivity index (χ0v) is 11.6. The molecule has 0 aliphatic heterocycles. The zero-order valence-electron chi connectivity index (χ0n) is 11.6. The number of aromatic nitrogens is 2. The van der Waals surface area contributed by atoms with E-state index < -0.39 is 0 Å². The van der Waals surface area contributed by atoms with Gasteiger partial charge in [-0.15, -0.1) is 0 Å². The number of carbonyl (C=O) groups excluding carboxylic acids is 1. The SMILES string of the molecule is Cc1cccc(NC(=O)CC(C)n2ccc(C)n2)c1. The summed E-state index contributed by atoms with van der Waals surface area (Å²) in [7, 11) is 0. The average Bonchev–Trinajstić information content (AvgIpc) is 2.75. The van der Waals surface area contributed by atoms with E-state index in [1.807, 2.05) is 62.0 Å². The lowest BCUT2D eigenvalue weighted by molar-refractivity contribution is -0.116. The maximum atomic E-state index is 12.0. The summed E-state index contributed by atoms with van der Waals surface area (Å²) in [5.41, 5.74) is 2.94. The fourth-order valence-corrected chi connectivity index (χ4v) is 1.98. The van der Waals surface area contributed by atoms with Crippen molar-refractivity contribution in [3.05, 3.63) is 47.8 Å². The molecule has 1 amide bonds. The third-order valence-electron chi connectivity index (χ3n) is 2.98. The van der Waals surface area contributed by atoms with Gasteiger partial charge in [0.1, 0.15) is 0 Å². The molecule has 1 atom stereocenters. The molecule has 0 radical (unpaired) electrons. The van der Waals surface area contributed by atoms with Crippen molar-refractivity contribution in [2.75, 3.05) is 5.32 Å². The van der Waals surface area contributed by atoms with Gasteiger partial charge in [-0.25, -0.2) is 0 Å². The van der Waals surface area contributed by atoms with Crippen molar-refractivity contribution in [1.29, 1.82) is 0 Å². The molecule has 1 aromatic heterocycles. The number of amides is 1. The van der Waals surface area contributed by atoms with Crippen LogP contribution in [-0.4, -0.2) is 15.7 Å². The average molecular weight is 257 g/mol. The second kappa shape index (κ2) is 5.69. The lowest BCUT2D eigenvalue weighted by atomic mass is 10.2. The molecule has 1 unspecified atom stereocenters. The van der Waals surface area contributed by atoms with Gasteiger partial charge in [0.25, 0.3) is 0 Å². The van der Waals surface area contributed by atoms with Gasteiger partial charge in [0.2, 0.25) is 5.91 Å². The molecule has 100 valence electrons. The summed E-state index contributed by atoms with van der Waals surface area (Å²) < 4.78 is 1.82. The first-order valence-corrected chi connectivity index (χ1v) is 6.43. The van der Waals surface area contributed by atoms with E-state index in [-0.39, 0.29) is 11.9 Å². The van der Waals surface area contributed by atoms with Crippen molar-refractivity contribution in [3.8, 4) is 0 Å². The van der Waals surface area contributed by atoms with Crippen LogP contribution in [0.3, 0.4) is 0 Å². The van der Waals surface area contributed by atoms with Crippen LogP contribution in [0.25, 0.3) is 0 Å². The van der Waals surface area contributed by atoms with E-state index >= 15 is 0 Å². The van der Waals surface area contributed by atoms with E-state index in [1.165, 1.54) is 0 Å². The van der Waals surface area contributed by atoms with Gasteiger partial charge >= 0.3 is 0 Å². The molecule has 2 aromatic rings. The van der Waals surface area contributed by atoms with Crippen molar-refractivity contribution in [3.63, 3.8) is 0 Å². The Hall–Kier alpha value is -2.10. The Bertz CT molecular complexity index is 574. The Labute approximate surface area is 113 Å². The molecule has 4 heteroatoms. The lowest BCUT2D eigenvalue weighted by Gasteiger charge is -2.12. The Kier molecular flexibility index (Phi) is 4.00. The van der Waals surface area contributed by atoms with Crippen LogP contribution in [0.5, 0.6) is 0 Å². The molecule has 0 aliphatic carbocycles. The Morgan fingerprint density at radius 1 is 1.37 bits per heavy atom. The van der Waals surface area contributed by atoms with Gasteiger partial charge < -0.3 is 5.32 Å². The molecule has 0 saturated heterocycles. The molecule has 1 aromatic carbocycles. The number of nitrogens with one attached hydrogen (secondary N) is 1. The molecule has 1 heterocycles. The summed E-state index contributed by atoms with van der Waals surface area (Å²) in [6, 6.07) is 9.79. The Morgan fingerprint density at radius 3 is 2.79 bits per heavy atom. The molecule has 1 N–H and O–H groups in total. The highest BCUT2D eigenvalue weighted by molar-refractivity contribution is 5.91. The maximum absolute atomic E-state index is 12.0. The van der Waals surface area contributed by atoms with E-state index in [9.17, 15) is 4.79 Å². The number of hydrogen-bond acceptors (Lipinski definition) is 2. The van der Waals surface area contributed by atoms with Crippen LogP contribution in [0.4, 0.5) is 5.69 Å². The van der Waals surface area contributed by atoms with Gasteiger partial charge in [0.05, 0.1) is 11.7 Å². The number of anilines is 1. The predicted octanol–water partition coefficient (Wildman–Crippen LogP) is 3.09. The molecule has 2 rings (SSSR count). The van der Waals surface area contributed by atoms with Gasteiger partial charge in [-0.2, -0.15) is 5.10 Å². The molecular weight excluding hydrogens is 238 g/mol. The zero-order chi connectivity index (χ0) is 13.8. The number of benzene rings is 1. The molecule has 19 heavy (non-hydrogen) atoms. The number of hydrogen-bond donors (Lipinski definition) is 1. The maximum Gasteiger partial charge on any atom is 0.226 e. The predicted molar refractivity (Wildman–Crippen MR) is 76.1 cm³/mol. The molecule has 0 saturated carbocycles. The van der Waals surface area contributed by atoms with Crippen molar-refractivity contribution >= 4 is 11.6 Å². The van der Waals surface area contributed by atoms with Crippen LogP contribution in [0, 0.1) is 13.8 Å². The molecule has 0 spiro atoms. The summed E-state index contributed by atoms with van der Waals surface area (Å²) in [6.07, 6.45) is 2.31. The number of aryl methyl sites for hydroxylation is 2. The van der Waals surface area contributed by atoms with Crippen LogP contribution < -0.4 is 5.32 Å². The molecular formula is C15H19N3O. The lowest BCUT2D eigenvalue weighted by Crippen LogP contribution is -2.18. The minimum atomic E-state index is 0.00579. The molecule has 4 nitrogen and oxygen atoms in total. The van der Waals surface area contributed by atoms with Gasteiger partial charge in [0, 0.05) is 18.3 Å². The van der Waals surface area contributed by atoms with Crippen molar-refractivity contribution in [2.45, 2.75) is 33.2 Å². The first kappa shape index (κ1) is 13.3. The van der Waals surface area contributed by atoms with Gasteiger partial charge in [0.15, 0.2) is 0 Å². The fourth-order valence-electron chi connectivity index (χ4n) is 1.98. The molecule has 0 bridgehead atoms. The minimum Gasteiger partial charge on any atom is -0.326 e. The smallest absolute Gasteiger partial charge is 0.226 e. The van der Waals surface area contributed by atoms with E-state index in [1.54, 1.807) is 0 Å². The number of carbonyl (C=O) groups is 1. The van der Waals surface area contributed by atoms with Gasteiger partial charge in [-0.05, 0) is 44.5 Å². The summed E-state index contributed by atoms with van der Waals surface area (Å²) in [5.74, 6) is 0.00579. The standard InChI is InChI=1S/C15H19N3O/c1-11-5-4-6-14(9-11)16-15(19)10-13(3)18-8-7-12(2)17-18/h4-9,13H,10H2,1-3H3,(H,16,19). The first-order chi connectivity index (χ1) is 9.04. The minimum absolute atomic E-state index is 0.00579. The van der Waals surface area contributed by atoms with Crippen LogP contribution in [0.2, 0.25) is 0 Å². The highest BCUT2D eigenvalue weighted by Crippen LogP contribution is 2.14. The van der Waals surface area contributed by atoms with Crippen molar-refractivity contribution in [2.24, 2.45) is 0 Å². The van der Waals surface area contributed by atoms with E-state index in [0.29, 0.717) is 6.42 Å². The van der Waals surface area contributed by atoms with E-state index in [0.717, 1.165) is 16.9 Å². The normalized spacial score (nSPS) is 12.2. The number of rotatable bonds is 4. The van der Waals surface area contributed by atoms with E-state index in [4.69, 9.17) is 0 Å².